The molecule has 1 N–H and O–H groups in total. The smallest absolute Gasteiger partial charge is 0.227 e. The maximum absolute atomic E-state index is 4.84. The fourth-order valence-electron chi connectivity index (χ4n) is 3.49. The average molecular weight is 335 g/mol. The van der Waals surface area contributed by atoms with E-state index in [-0.39, 0.29) is 0 Å². The molecule has 3 heterocycles. The summed E-state index contributed by atoms with van der Waals surface area (Å²) < 4.78 is 1.85. The van der Waals surface area contributed by atoms with Crippen molar-refractivity contribution < 1.29 is 0 Å². The van der Waals surface area contributed by atoms with Gasteiger partial charge in [0.2, 0.25) is 5.95 Å². The lowest BCUT2D eigenvalue weighted by molar-refractivity contribution is 0.901. The van der Waals surface area contributed by atoms with Gasteiger partial charge in [-0.25, -0.2) is 9.97 Å². The van der Waals surface area contributed by atoms with Gasteiger partial charge in [-0.05, 0) is 36.8 Å². The Bertz CT molecular complexity index is 1020. The van der Waals surface area contributed by atoms with Gasteiger partial charge in [-0.3, -0.25) is 0 Å². The zero-order chi connectivity index (χ0) is 15.9. The lowest BCUT2D eigenvalue weighted by Gasteiger charge is -2.08. The van der Waals surface area contributed by atoms with E-state index < -0.39 is 0 Å². The van der Waals surface area contributed by atoms with Crippen LogP contribution in [0.3, 0.4) is 0 Å². The third kappa shape index (κ3) is 2.17. The molecule has 0 saturated carbocycles. The molecule has 1 aliphatic carbocycles. The molecule has 1 aliphatic rings. The fraction of sp³-hybridized carbons (Fsp3) is 0.278. The number of benzene rings is 1. The van der Waals surface area contributed by atoms with Gasteiger partial charge in [0.25, 0.3) is 0 Å². The van der Waals surface area contributed by atoms with E-state index in [2.05, 4.69) is 39.7 Å². The molecule has 0 radical (unpaired) electrons. The molecule has 24 heavy (non-hydrogen) atoms. The standard InChI is InChI=1S/C18H17N5S/c1-2-5-12(6-3-1)9-10-19-18-22-17-15(16-20-11-21-23(16)18)13-7-4-8-14(13)24-17/h1-3,5-6,11H,4,7-10H2,(H,19,22). The Balaban J connectivity index is 1.50. The molecule has 4 aromatic rings. The molecule has 0 atom stereocenters. The fourth-order valence-corrected chi connectivity index (χ4v) is 4.74. The molecule has 3 aromatic heterocycles. The first-order valence-corrected chi connectivity index (χ1v) is 9.13. The largest absolute Gasteiger partial charge is 0.354 e. The predicted octanol–water partition coefficient (Wildman–Crippen LogP) is 3.48. The highest BCUT2D eigenvalue weighted by Gasteiger charge is 2.22. The normalized spacial score (nSPS) is 13.7. The molecule has 0 saturated heterocycles. The maximum atomic E-state index is 4.84. The molecule has 0 bridgehead atoms. The molecular formula is C18H17N5S. The lowest BCUT2D eigenvalue weighted by atomic mass is 10.1. The third-order valence-corrected chi connectivity index (χ3v) is 5.81. The van der Waals surface area contributed by atoms with Gasteiger partial charge in [-0.1, -0.05) is 30.3 Å². The SMILES string of the molecule is c1ccc(CCNc2nc3sc4c(c3c3ncnn23)CCC4)cc1. The summed E-state index contributed by atoms with van der Waals surface area (Å²) in [6.45, 7) is 0.822. The van der Waals surface area contributed by atoms with Gasteiger partial charge >= 0.3 is 0 Å². The van der Waals surface area contributed by atoms with Crippen LogP contribution >= 0.6 is 11.3 Å². The summed E-state index contributed by atoms with van der Waals surface area (Å²) >= 11 is 1.82. The Morgan fingerprint density at radius 2 is 2.08 bits per heavy atom. The summed E-state index contributed by atoms with van der Waals surface area (Å²) in [5.41, 5.74) is 3.69. The second-order valence-electron chi connectivity index (χ2n) is 6.13. The second-order valence-corrected chi connectivity index (χ2v) is 7.21. The summed E-state index contributed by atoms with van der Waals surface area (Å²) in [6.07, 6.45) is 6.14. The van der Waals surface area contributed by atoms with Gasteiger partial charge in [0.15, 0.2) is 5.65 Å². The van der Waals surface area contributed by atoms with Crippen LogP contribution in [0.15, 0.2) is 36.7 Å². The van der Waals surface area contributed by atoms with Gasteiger partial charge in [0.05, 0.1) is 5.39 Å². The van der Waals surface area contributed by atoms with Crippen LogP contribution in [0.1, 0.15) is 22.4 Å². The van der Waals surface area contributed by atoms with Crippen LogP contribution in [0.2, 0.25) is 0 Å². The first kappa shape index (κ1) is 13.9. The number of hydrogen-bond acceptors (Lipinski definition) is 5. The Labute approximate surface area is 143 Å². The van der Waals surface area contributed by atoms with Gasteiger partial charge in [0, 0.05) is 11.4 Å². The van der Waals surface area contributed by atoms with E-state index in [4.69, 9.17) is 4.98 Å². The monoisotopic (exact) mass is 335 g/mol. The third-order valence-electron chi connectivity index (χ3n) is 4.62. The molecule has 0 aliphatic heterocycles. The number of nitrogens with zero attached hydrogens (tertiary/aromatic N) is 4. The molecule has 0 unspecified atom stereocenters. The highest BCUT2D eigenvalue weighted by Crippen LogP contribution is 2.38. The molecular weight excluding hydrogens is 318 g/mol. The van der Waals surface area contributed by atoms with Crippen molar-refractivity contribution in [3.05, 3.63) is 52.7 Å². The van der Waals surface area contributed by atoms with Crippen LogP contribution in [0, 0.1) is 0 Å². The number of thiophene rings is 1. The van der Waals surface area contributed by atoms with E-state index in [1.54, 1.807) is 6.33 Å². The van der Waals surface area contributed by atoms with Crippen LogP contribution < -0.4 is 5.32 Å². The van der Waals surface area contributed by atoms with Crippen molar-refractivity contribution in [2.75, 3.05) is 11.9 Å². The van der Waals surface area contributed by atoms with Crippen molar-refractivity contribution in [1.29, 1.82) is 0 Å². The van der Waals surface area contributed by atoms with Crippen LogP contribution in [-0.2, 0) is 19.3 Å². The van der Waals surface area contributed by atoms with Gasteiger partial charge in [-0.2, -0.15) is 9.61 Å². The number of hydrogen-bond donors (Lipinski definition) is 1. The Hall–Kier alpha value is -2.47. The van der Waals surface area contributed by atoms with Crippen LogP contribution in [-0.4, -0.2) is 26.1 Å². The van der Waals surface area contributed by atoms with Gasteiger partial charge in [-0.15, -0.1) is 11.3 Å². The Morgan fingerprint density at radius 3 is 3.00 bits per heavy atom. The molecule has 0 amide bonds. The number of rotatable bonds is 4. The summed E-state index contributed by atoms with van der Waals surface area (Å²) in [6, 6.07) is 10.5. The zero-order valence-corrected chi connectivity index (χ0v) is 14.0. The first-order valence-electron chi connectivity index (χ1n) is 8.32. The van der Waals surface area contributed by atoms with Crippen molar-refractivity contribution in [1.82, 2.24) is 19.6 Å². The van der Waals surface area contributed by atoms with E-state index >= 15 is 0 Å². The molecule has 120 valence electrons. The average Bonchev–Trinajstić information content (AvgIpc) is 3.30. The van der Waals surface area contributed by atoms with E-state index in [0.717, 1.165) is 35.8 Å². The molecule has 6 heteroatoms. The summed E-state index contributed by atoms with van der Waals surface area (Å²) in [5, 5.41) is 9.03. The highest BCUT2D eigenvalue weighted by molar-refractivity contribution is 7.19. The van der Waals surface area contributed by atoms with Crippen molar-refractivity contribution in [3.63, 3.8) is 0 Å². The van der Waals surface area contributed by atoms with Crippen molar-refractivity contribution in [2.24, 2.45) is 0 Å². The number of nitrogens with one attached hydrogen (secondary N) is 1. The minimum Gasteiger partial charge on any atom is -0.354 e. The van der Waals surface area contributed by atoms with E-state index in [0.29, 0.717) is 0 Å². The first-order chi connectivity index (χ1) is 11.9. The van der Waals surface area contributed by atoms with E-state index in [9.17, 15) is 0 Å². The summed E-state index contributed by atoms with van der Waals surface area (Å²) in [7, 11) is 0. The Morgan fingerprint density at radius 1 is 1.17 bits per heavy atom. The van der Waals surface area contributed by atoms with Crippen molar-refractivity contribution in [2.45, 2.75) is 25.7 Å². The van der Waals surface area contributed by atoms with E-state index in [1.165, 1.54) is 34.2 Å². The second kappa shape index (κ2) is 5.56. The van der Waals surface area contributed by atoms with Crippen LogP contribution in [0.25, 0.3) is 15.9 Å². The molecule has 0 fully saturated rings. The molecule has 1 aromatic carbocycles. The van der Waals surface area contributed by atoms with Crippen molar-refractivity contribution >= 4 is 33.1 Å². The topological polar surface area (TPSA) is 55.1 Å². The maximum Gasteiger partial charge on any atom is 0.227 e. The molecule has 0 spiro atoms. The van der Waals surface area contributed by atoms with E-state index in [1.807, 2.05) is 21.9 Å². The quantitative estimate of drug-likeness (QED) is 0.620. The number of fused-ring (bicyclic) bond motifs is 5. The molecule has 5 rings (SSSR count). The predicted molar refractivity (Wildman–Crippen MR) is 96.8 cm³/mol. The minimum absolute atomic E-state index is 0.783. The van der Waals surface area contributed by atoms with Gasteiger partial charge in [0.1, 0.15) is 11.2 Å². The highest BCUT2D eigenvalue weighted by atomic mass is 32.1. The van der Waals surface area contributed by atoms with Gasteiger partial charge < -0.3 is 5.32 Å². The van der Waals surface area contributed by atoms with Crippen molar-refractivity contribution in [3.8, 4) is 0 Å². The zero-order valence-electron chi connectivity index (χ0n) is 13.2. The number of anilines is 1. The number of aromatic nitrogens is 4. The Kier molecular flexibility index (Phi) is 3.23. The molecule has 5 nitrogen and oxygen atoms in total. The van der Waals surface area contributed by atoms with Crippen LogP contribution in [0.5, 0.6) is 0 Å². The number of aryl methyl sites for hydroxylation is 2. The minimum atomic E-state index is 0.783. The lowest BCUT2D eigenvalue weighted by Crippen LogP contribution is -2.11. The van der Waals surface area contributed by atoms with Crippen LogP contribution in [0.4, 0.5) is 5.95 Å². The summed E-state index contributed by atoms with van der Waals surface area (Å²) in [4.78, 5) is 11.9. The summed E-state index contributed by atoms with van der Waals surface area (Å²) in [5.74, 6) is 0.783.